The molecule has 0 bridgehead atoms. The SMILES string of the molecule is COC(=O)C1COCCN1c1nc(C(C)C)ns1. The van der Waals surface area contributed by atoms with Crippen molar-refractivity contribution >= 4 is 22.6 Å². The first-order valence-corrected chi connectivity index (χ1v) is 6.66. The Morgan fingerprint density at radius 1 is 1.61 bits per heavy atom. The van der Waals surface area contributed by atoms with Gasteiger partial charge in [-0.25, -0.2) is 9.78 Å². The fourth-order valence-electron chi connectivity index (χ4n) is 1.74. The minimum absolute atomic E-state index is 0.285. The number of hydrogen-bond donors (Lipinski definition) is 0. The average molecular weight is 271 g/mol. The molecule has 1 unspecified atom stereocenters. The minimum atomic E-state index is -0.420. The van der Waals surface area contributed by atoms with Gasteiger partial charge in [-0.1, -0.05) is 13.8 Å². The van der Waals surface area contributed by atoms with Crippen molar-refractivity contribution in [2.24, 2.45) is 0 Å². The summed E-state index contributed by atoms with van der Waals surface area (Å²) in [7, 11) is 1.38. The van der Waals surface area contributed by atoms with Crippen molar-refractivity contribution in [3.63, 3.8) is 0 Å². The number of esters is 1. The van der Waals surface area contributed by atoms with Crippen LogP contribution in [-0.2, 0) is 14.3 Å². The Bertz CT molecular complexity index is 421. The van der Waals surface area contributed by atoms with Gasteiger partial charge in [-0.05, 0) is 0 Å². The maximum atomic E-state index is 11.7. The largest absolute Gasteiger partial charge is 0.467 e. The molecule has 6 nitrogen and oxygen atoms in total. The van der Waals surface area contributed by atoms with Crippen LogP contribution in [0.4, 0.5) is 5.13 Å². The summed E-state index contributed by atoms with van der Waals surface area (Å²) in [5, 5.41) is 0.761. The molecule has 1 aromatic heterocycles. The van der Waals surface area contributed by atoms with E-state index in [-0.39, 0.29) is 11.9 Å². The van der Waals surface area contributed by atoms with Crippen LogP contribution in [0.15, 0.2) is 0 Å². The first-order valence-electron chi connectivity index (χ1n) is 5.89. The number of hydrogen-bond acceptors (Lipinski definition) is 7. The van der Waals surface area contributed by atoms with Gasteiger partial charge in [-0.2, -0.15) is 4.37 Å². The Morgan fingerprint density at radius 2 is 2.39 bits per heavy atom. The molecule has 0 amide bonds. The van der Waals surface area contributed by atoms with Crippen LogP contribution in [0, 0.1) is 0 Å². The smallest absolute Gasteiger partial charge is 0.330 e. The second kappa shape index (κ2) is 5.62. The summed E-state index contributed by atoms with van der Waals surface area (Å²) in [4.78, 5) is 18.1. The molecular weight excluding hydrogens is 254 g/mol. The molecule has 0 aliphatic carbocycles. The molecule has 0 aromatic carbocycles. The molecule has 1 aliphatic heterocycles. The van der Waals surface area contributed by atoms with Crippen molar-refractivity contribution in [2.75, 3.05) is 31.8 Å². The van der Waals surface area contributed by atoms with E-state index in [0.717, 1.165) is 11.0 Å². The normalized spacial score (nSPS) is 20.2. The molecular formula is C11H17N3O3S. The van der Waals surface area contributed by atoms with Crippen molar-refractivity contribution in [3.05, 3.63) is 5.82 Å². The number of methoxy groups -OCH3 is 1. The van der Waals surface area contributed by atoms with Gasteiger partial charge in [-0.3, -0.25) is 0 Å². The van der Waals surface area contributed by atoms with Crippen LogP contribution < -0.4 is 4.90 Å². The highest BCUT2D eigenvalue weighted by atomic mass is 32.1. The van der Waals surface area contributed by atoms with Gasteiger partial charge in [0, 0.05) is 24.0 Å². The minimum Gasteiger partial charge on any atom is -0.467 e. The summed E-state index contributed by atoms with van der Waals surface area (Å²) >= 11 is 1.32. The van der Waals surface area contributed by atoms with Crippen molar-refractivity contribution < 1.29 is 14.3 Å². The third-order valence-electron chi connectivity index (χ3n) is 2.79. The predicted octanol–water partition coefficient (Wildman–Crippen LogP) is 1.04. The lowest BCUT2D eigenvalue weighted by atomic mass is 10.2. The van der Waals surface area contributed by atoms with Gasteiger partial charge in [0.1, 0.15) is 5.82 Å². The molecule has 1 aromatic rings. The van der Waals surface area contributed by atoms with E-state index in [1.165, 1.54) is 18.6 Å². The summed E-state index contributed by atoms with van der Waals surface area (Å²) in [5.41, 5.74) is 0. The molecule has 2 heterocycles. The summed E-state index contributed by atoms with van der Waals surface area (Å²) in [6, 6.07) is -0.420. The van der Waals surface area contributed by atoms with E-state index < -0.39 is 6.04 Å². The van der Waals surface area contributed by atoms with Crippen LogP contribution in [0.3, 0.4) is 0 Å². The zero-order valence-electron chi connectivity index (χ0n) is 10.8. The predicted molar refractivity (Wildman–Crippen MR) is 68.0 cm³/mol. The molecule has 0 N–H and O–H groups in total. The number of morpholine rings is 1. The van der Waals surface area contributed by atoms with E-state index in [0.29, 0.717) is 19.8 Å². The highest BCUT2D eigenvalue weighted by Gasteiger charge is 2.32. The third-order valence-corrected chi connectivity index (χ3v) is 3.56. The number of carbonyl (C=O) groups is 1. The van der Waals surface area contributed by atoms with Crippen LogP contribution in [0.1, 0.15) is 25.6 Å². The summed E-state index contributed by atoms with van der Waals surface area (Å²) in [6.07, 6.45) is 0. The van der Waals surface area contributed by atoms with E-state index in [9.17, 15) is 4.79 Å². The second-order valence-corrected chi connectivity index (χ2v) is 5.13. The Labute approximate surface area is 110 Å². The highest BCUT2D eigenvalue weighted by molar-refractivity contribution is 7.09. The fourth-order valence-corrected chi connectivity index (χ4v) is 2.63. The third kappa shape index (κ3) is 2.62. The Morgan fingerprint density at radius 3 is 3.00 bits per heavy atom. The lowest BCUT2D eigenvalue weighted by Gasteiger charge is -2.32. The summed E-state index contributed by atoms with van der Waals surface area (Å²) < 4.78 is 14.4. The van der Waals surface area contributed by atoms with Gasteiger partial charge in [0.25, 0.3) is 0 Å². The van der Waals surface area contributed by atoms with Crippen LogP contribution in [0.5, 0.6) is 0 Å². The van der Waals surface area contributed by atoms with Crippen molar-refractivity contribution in [2.45, 2.75) is 25.8 Å². The van der Waals surface area contributed by atoms with E-state index in [2.05, 4.69) is 9.36 Å². The topological polar surface area (TPSA) is 64.6 Å². The van der Waals surface area contributed by atoms with E-state index in [1.54, 1.807) is 0 Å². The molecule has 2 rings (SSSR count). The number of rotatable bonds is 3. The number of aromatic nitrogens is 2. The molecule has 100 valence electrons. The summed E-state index contributed by atoms with van der Waals surface area (Å²) in [5.74, 6) is 0.800. The highest BCUT2D eigenvalue weighted by Crippen LogP contribution is 2.25. The molecule has 1 saturated heterocycles. The van der Waals surface area contributed by atoms with Gasteiger partial charge < -0.3 is 14.4 Å². The van der Waals surface area contributed by atoms with Gasteiger partial charge >= 0.3 is 5.97 Å². The van der Waals surface area contributed by atoms with E-state index in [1.807, 2.05) is 18.7 Å². The van der Waals surface area contributed by atoms with Crippen molar-refractivity contribution in [1.29, 1.82) is 0 Å². The second-order valence-electron chi connectivity index (χ2n) is 4.40. The standard InChI is InChI=1S/C11H17N3O3S/c1-7(2)9-12-11(18-13-9)14-4-5-17-6-8(14)10(15)16-3/h7-8H,4-6H2,1-3H3. The average Bonchev–Trinajstić information content (AvgIpc) is 2.87. The van der Waals surface area contributed by atoms with Gasteiger partial charge in [0.15, 0.2) is 6.04 Å². The monoisotopic (exact) mass is 271 g/mol. The lowest BCUT2D eigenvalue weighted by molar-refractivity contribution is -0.144. The Hall–Kier alpha value is -1.21. The van der Waals surface area contributed by atoms with E-state index >= 15 is 0 Å². The van der Waals surface area contributed by atoms with Crippen LogP contribution >= 0.6 is 11.5 Å². The van der Waals surface area contributed by atoms with Crippen LogP contribution in [-0.4, -0.2) is 48.2 Å². The van der Waals surface area contributed by atoms with Crippen molar-refractivity contribution in [1.82, 2.24) is 9.36 Å². The molecule has 1 fully saturated rings. The van der Waals surface area contributed by atoms with Gasteiger partial charge in [0.2, 0.25) is 5.13 Å². The molecule has 0 saturated carbocycles. The maximum absolute atomic E-state index is 11.7. The molecule has 18 heavy (non-hydrogen) atoms. The molecule has 1 aliphatic rings. The lowest BCUT2D eigenvalue weighted by Crippen LogP contribution is -2.50. The molecule has 7 heteroatoms. The first kappa shape index (κ1) is 13.2. The van der Waals surface area contributed by atoms with Crippen LogP contribution in [0.25, 0.3) is 0 Å². The van der Waals surface area contributed by atoms with Crippen molar-refractivity contribution in [3.8, 4) is 0 Å². The van der Waals surface area contributed by atoms with Gasteiger partial charge in [-0.15, -0.1) is 0 Å². The number of anilines is 1. The molecule has 0 spiro atoms. The quantitative estimate of drug-likeness (QED) is 0.765. The van der Waals surface area contributed by atoms with E-state index in [4.69, 9.17) is 9.47 Å². The Balaban J connectivity index is 2.19. The van der Waals surface area contributed by atoms with Crippen LogP contribution in [0.2, 0.25) is 0 Å². The zero-order valence-corrected chi connectivity index (χ0v) is 11.6. The molecule has 0 radical (unpaired) electrons. The fraction of sp³-hybridized carbons (Fsp3) is 0.727. The number of nitrogens with zero attached hydrogens (tertiary/aromatic N) is 3. The zero-order chi connectivity index (χ0) is 13.1. The first-order chi connectivity index (χ1) is 8.63. The summed E-state index contributed by atoms with van der Waals surface area (Å²) in [6.45, 7) is 5.64. The maximum Gasteiger partial charge on any atom is 0.330 e. The number of ether oxygens (including phenoxy) is 2. The van der Waals surface area contributed by atoms with Gasteiger partial charge in [0.05, 0.1) is 20.3 Å². The Kier molecular flexibility index (Phi) is 4.13. The number of carbonyl (C=O) groups excluding carboxylic acids is 1. The molecule has 1 atom stereocenters.